The van der Waals surface area contributed by atoms with Gasteiger partial charge in [0.1, 0.15) is 0 Å². The van der Waals surface area contributed by atoms with E-state index in [1.165, 1.54) is 12.0 Å². The van der Waals surface area contributed by atoms with Gasteiger partial charge in [0.15, 0.2) is 0 Å². The van der Waals surface area contributed by atoms with Gasteiger partial charge in [-0.1, -0.05) is 28.1 Å². The van der Waals surface area contributed by atoms with Gasteiger partial charge >= 0.3 is 5.97 Å². The molecule has 0 aliphatic carbocycles. The molecule has 2 rings (SSSR count). The lowest BCUT2D eigenvalue weighted by Crippen LogP contribution is -2.35. The molecule has 0 saturated carbocycles. The van der Waals surface area contributed by atoms with Crippen LogP contribution in [0.4, 0.5) is 0 Å². The number of alkyl halides is 1. The first kappa shape index (κ1) is 14.7. The maximum absolute atomic E-state index is 12.1. The number of carbonyl (C=O) groups is 3. The molecule has 1 atom stereocenters. The van der Waals surface area contributed by atoms with Crippen LogP contribution >= 0.6 is 15.9 Å². The first-order chi connectivity index (χ1) is 9.54. The van der Waals surface area contributed by atoms with E-state index in [0.29, 0.717) is 17.5 Å². The van der Waals surface area contributed by atoms with Crippen molar-refractivity contribution in [2.75, 3.05) is 13.7 Å². The second-order valence-electron chi connectivity index (χ2n) is 4.48. The number of nitrogens with zero attached hydrogens (tertiary/aromatic N) is 1. The summed E-state index contributed by atoms with van der Waals surface area (Å²) in [5.74, 6) is -0.877. The van der Waals surface area contributed by atoms with Gasteiger partial charge < -0.3 is 4.74 Å². The molecule has 0 saturated heterocycles. The first-order valence-corrected chi connectivity index (χ1v) is 7.12. The van der Waals surface area contributed by atoms with Crippen molar-refractivity contribution in [3.05, 3.63) is 35.4 Å². The molecule has 0 N–H and O–H groups in total. The number of amides is 2. The summed E-state index contributed by atoms with van der Waals surface area (Å²) < 4.78 is 4.56. The topological polar surface area (TPSA) is 63.7 Å². The van der Waals surface area contributed by atoms with Gasteiger partial charge in [0.05, 0.1) is 18.2 Å². The summed E-state index contributed by atoms with van der Waals surface area (Å²) in [4.78, 5) is 36.4. The Morgan fingerprint density at radius 3 is 2.30 bits per heavy atom. The van der Waals surface area contributed by atoms with Gasteiger partial charge in [0.2, 0.25) is 0 Å². The Kier molecular flexibility index (Phi) is 4.54. The normalized spacial score (nSPS) is 15.2. The van der Waals surface area contributed by atoms with Crippen molar-refractivity contribution in [3.8, 4) is 0 Å². The fourth-order valence-corrected chi connectivity index (χ4v) is 2.59. The minimum absolute atomic E-state index is 0.135. The molecule has 1 aromatic carbocycles. The number of halogens is 1. The summed E-state index contributed by atoms with van der Waals surface area (Å²) in [5, 5.41) is 0. The van der Waals surface area contributed by atoms with Gasteiger partial charge in [-0.2, -0.15) is 0 Å². The Hall–Kier alpha value is -1.69. The van der Waals surface area contributed by atoms with Crippen LogP contribution in [0, 0.1) is 0 Å². The Bertz CT molecular complexity index is 523. The van der Waals surface area contributed by atoms with E-state index in [9.17, 15) is 14.4 Å². The van der Waals surface area contributed by atoms with Crippen LogP contribution in [-0.4, -0.2) is 41.2 Å². The fraction of sp³-hybridized carbons (Fsp3) is 0.357. The average Bonchev–Trinajstić information content (AvgIpc) is 2.70. The van der Waals surface area contributed by atoms with E-state index in [1.54, 1.807) is 24.3 Å². The molecule has 106 valence electrons. The van der Waals surface area contributed by atoms with Crippen LogP contribution in [0.15, 0.2) is 24.3 Å². The van der Waals surface area contributed by atoms with Crippen molar-refractivity contribution < 1.29 is 19.1 Å². The third-order valence-electron chi connectivity index (χ3n) is 3.15. The van der Waals surface area contributed by atoms with E-state index in [0.717, 1.165) is 0 Å². The lowest BCUT2D eigenvalue weighted by molar-refractivity contribution is -0.140. The molecule has 5 nitrogen and oxygen atoms in total. The summed E-state index contributed by atoms with van der Waals surface area (Å²) in [6.07, 6.45) is 0.746. The number of carbonyl (C=O) groups excluding carboxylic acids is 3. The predicted octanol–water partition coefficient (Wildman–Crippen LogP) is 2.00. The zero-order chi connectivity index (χ0) is 14.7. The lowest BCUT2D eigenvalue weighted by Gasteiger charge is -2.17. The number of esters is 1. The third kappa shape index (κ3) is 2.90. The van der Waals surface area contributed by atoms with Gasteiger partial charge in [-0.05, 0) is 18.6 Å². The highest BCUT2D eigenvalue weighted by atomic mass is 79.9. The fourth-order valence-electron chi connectivity index (χ4n) is 2.07. The number of fused-ring (bicyclic) bond motifs is 1. The number of benzene rings is 1. The van der Waals surface area contributed by atoms with E-state index in [2.05, 4.69) is 20.7 Å². The van der Waals surface area contributed by atoms with E-state index in [1.807, 2.05) is 0 Å². The standard InChI is InChI=1S/C14H14BrNO4/c1-20-12(17)7-6-9(15)8-16-13(18)10-4-2-3-5-11(10)14(16)19/h2-5,9H,6-8H2,1H3. The molecule has 1 aliphatic heterocycles. The molecule has 0 spiro atoms. The molecule has 2 amide bonds. The highest BCUT2D eigenvalue weighted by Gasteiger charge is 2.35. The maximum Gasteiger partial charge on any atom is 0.305 e. The largest absolute Gasteiger partial charge is 0.469 e. The summed E-state index contributed by atoms with van der Waals surface area (Å²) >= 11 is 3.39. The average molecular weight is 340 g/mol. The van der Waals surface area contributed by atoms with E-state index in [-0.39, 0.29) is 35.6 Å². The molecule has 0 bridgehead atoms. The first-order valence-electron chi connectivity index (χ1n) is 6.20. The summed E-state index contributed by atoms with van der Waals surface area (Å²) in [6, 6.07) is 6.76. The van der Waals surface area contributed by atoms with Crippen LogP contribution in [0.5, 0.6) is 0 Å². The van der Waals surface area contributed by atoms with Crippen LogP contribution in [-0.2, 0) is 9.53 Å². The van der Waals surface area contributed by atoms with Gasteiger partial charge in [0.25, 0.3) is 11.8 Å². The van der Waals surface area contributed by atoms with Gasteiger partial charge in [-0.15, -0.1) is 0 Å². The maximum atomic E-state index is 12.1. The number of ether oxygens (including phenoxy) is 1. The summed E-state index contributed by atoms with van der Waals surface area (Å²) in [6.45, 7) is 0.239. The molecule has 0 fully saturated rings. The van der Waals surface area contributed by atoms with Crippen LogP contribution in [0.3, 0.4) is 0 Å². The van der Waals surface area contributed by atoms with Crippen molar-refractivity contribution >= 4 is 33.7 Å². The van der Waals surface area contributed by atoms with Crippen LogP contribution in [0.1, 0.15) is 33.6 Å². The molecule has 0 aromatic heterocycles. The number of methoxy groups -OCH3 is 1. The van der Waals surface area contributed by atoms with Crippen molar-refractivity contribution in [2.45, 2.75) is 17.7 Å². The number of hydrogen-bond donors (Lipinski definition) is 0. The molecule has 20 heavy (non-hydrogen) atoms. The Balaban J connectivity index is 2.00. The number of hydrogen-bond acceptors (Lipinski definition) is 4. The Morgan fingerprint density at radius 2 is 1.80 bits per heavy atom. The summed E-state index contributed by atoms with van der Waals surface area (Å²) in [5.41, 5.74) is 0.871. The minimum Gasteiger partial charge on any atom is -0.469 e. The van der Waals surface area contributed by atoms with Crippen LogP contribution in [0.25, 0.3) is 0 Å². The lowest BCUT2D eigenvalue weighted by atomic mass is 10.1. The van der Waals surface area contributed by atoms with Gasteiger partial charge in [0, 0.05) is 17.8 Å². The van der Waals surface area contributed by atoms with E-state index in [4.69, 9.17) is 0 Å². The predicted molar refractivity (Wildman–Crippen MR) is 75.8 cm³/mol. The smallest absolute Gasteiger partial charge is 0.305 e. The second-order valence-corrected chi connectivity index (χ2v) is 5.77. The van der Waals surface area contributed by atoms with Gasteiger partial charge in [-0.3, -0.25) is 19.3 Å². The van der Waals surface area contributed by atoms with Crippen LogP contribution < -0.4 is 0 Å². The molecular formula is C14H14BrNO4. The minimum atomic E-state index is -0.309. The molecular weight excluding hydrogens is 326 g/mol. The van der Waals surface area contributed by atoms with Crippen molar-refractivity contribution in [2.24, 2.45) is 0 Å². The Morgan fingerprint density at radius 1 is 1.25 bits per heavy atom. The number of imide groups is 1. The van der Waals surface area contributed by atoms with Crippen molar-refractivity contribution in [1.82, 2.24) is 4.90 Å². The van der Waals surface area contributed by atoms with Crippen LogP contribution in [0.2, 0.25) is 0 Å². The molecule has 6 heteroatoms. The zero-order valence-electron chi connectivity index (χ0n) is 11.0. The number of rotatable bonds is 5. The molecule has 1 unspecified atom stereocenters. The molecule has 1 heterocycles. The van der Waals surface area contributed by atoms with E-state index < -0.39 is 0 Å². The van der Waals surface area contributed by atoms with Crippen molar-refractivity contribution in [3.63, 3.8) is 0 Å². The third-order valence-corrected chi connectivity index (χ3v) is 3.90. The molecule has 1 aromatic rings. The highest BCUT2D eigenvalue weighted by molar-refractivity contribution is 9.09. The SMILES string of the molecule is COC(=O)CCC(Br)CN1C(=O)c2ccccc2C1=O. The quantitative estimate of drug-likeness (QED) is 0.467. The molecule has 0 radical (unpaired) electrons. The van der Waals surface area contributed by atoms with Gasteiger partial charge in [-0.25, -0.2) is 0 Å². The Labute approximate surface area is 125 Å². The zero-order valence-corrected chi connectivity index (χ0v) is 12.6. The molecule has 1 aliphatic rings. The second kappa shape index (κ2) is 6.17. The van der Waals surface area contributed by atoms with E-state index >= 15 is 0 Å². The highest BCUT2D eigenvalue weighted by Crippen LogP contribution is 2.24. The monoisotopic (exact) mass is 339 g/mol. The van der Waals surface area contributed by atoms with Crippen molar-refractivity contribution in [1.29, 1.82) is 0 Å². The summed E-state index contributed by atoms with van der Waals surface area (Å²) in [7, 11) is 1.33.